The summed E-state index contributed by atoms with van der Waals surface area (Å²) in [7, 11) is 0. The summed E-state index contributed by atoms with van der Waals surface area (Å²) in [6.07, 6.45) is 0. The van der Waals surface area contributed by atoms with Gasteiger partial charge in [-0.1, -0.05) is 188 Å². The maximum atomic E-state index is 8.82. The largest absolute Gasteiger partial charge is 0.208 e. The monoisotopic (exact) mass is 724 g/mol. The first-order valence-electron chi connectivity index (χ1n) is 20.5. The van der Waals surface area contributed by atoms with Crippen molar-refractivity contribution in [1.29, 1.82) is 0 Å². The molecule has 2 aromatic heterocycles. The summed E-state index contributed by atoms with van der Waals surface area (Å²) in [5, 5.41) is 2.01. The van der Waals surface area contributed by atoms with Crippen LogP contribution in [0.15, 0.2) is 200 Å². The van der Waals surface area contributed by atoms with Crippen LogP contribution < -0.4 is 0 Å². The zero-order valence-corrected chi connectivity index (χ0v) is 30.2. The maximum Gasteiger partial charge on any atom is 0.164 e. The van der Waals surface area contributed by atoms with Gasteiger partial charge in [-0.15, -0.1) is 11.3 Å². The fourth-order valence-electron chi connectivity index (χ4n) is 7.16. The van der Waals surface area contributed by atoms with Gasteiger partial charge in [-0.2, -0.15) is 0 Å². The normalized spacial score (nSPS) is 12.5. The second kappa shape index (κ2) is 14.1. The van der Waals surface area contributed by atoms with Crippen molar-refractivity contribution < 1.29 is 6.85 Å². The van der Waals surface area contributed by atoms with E-state index in [0.29, 0.717) is 17.2 Å². The smallest absolute Gasteiger partial charge is 0.164 e. The zero-order chi connectivity index (χ0) is 40.9. The van der Waals surface area contributed by atoms with Gasteiger partial charge in [0.2, 0.25) is 0 Å². The number of benzene rings is 8. The number of rotatable bonds is 7. The summed E-state index contributed by atoms with van der Waals surface area (Å²) in [4.78, 5) is 14.8. The number of nitrogens with zero attached hydrogens (tertiary/aromatic N) is 3. The summed E-state index contributed by atoms with van der Waals surface area (Å²) in [5.41, 5.74) is 10.2. The molecule has 0 fully saturated rings. The van der Waals surface area contributed by atoms with Crippen molar-refractivity contribution in [2.45, 2.75) is 0 Å². The van der Waals surface area contributed by atoms with Crippen molar-refractivity contribution in [3.63, 3.8) is 0 Å². The predicted molar refractivity (Wildman–Crippen MR) is 231 cm³/mol. The minimum absolute atomic E-state index is 0.00383. The third-order valence-electron chi connectivity index (χ3n) is 9.87. The van der Waals surface area contributed by atoms with Gasteiger partial charge in [0.1, 0.15) is 0 Å². The highest BCUT2D eigenvalue weighted by Crippen LogP contribution is 2.44. The third-order valence-corrected chi connectivity index (χ3v) is 11.1. The van der Waals surface area contributed by atoms with Gasteiger partial charge in [0, 0.05) is 36.9 Å². The SMILES string of the molecule is [2H]c1c([2H])c([2H])c(-c2nc(-c3cccc(-c4ccccc4)c3)nc(-c3cccc4sc5c(-c6ccc(-c7ccc(-c8ccccc8)cc7)cc6)cccc5c34)n2)c([2H])c1[2H]. The van der Waals surface area contributed by atoms with Gasteiger partial charge >= 0.3 is 0 Å². The van der Waals surface area contributed by atoms with Gasteiger partial charge < -0.3 is 0 Å². The molecule has 10 rings (SSSR count). The standard InChI is InChI=1S/C51H33N3S/c1-4-13-34(14-5-1)36-25-27-37(28-26-36)38-29-31-39(32-30-38)43-21-11-22-44-47-45(23-12-24-46(47)55-48(43)44)51-53-49(40-17-8-3-9-18-40)52-50(54-51)42-20-10-19-41(33-42)35-15-6-2-7-16-35/h1-33H/i3D,8D,9D,17D,18D. The van der Waals surface area contributed by atoms with Crippen LogP contribution in [0.2, 0.25) is 0 Å². The second-order valence-corrected chi connectivity index (χ2v) is 14.3. The van der Waals surface area contributed by atoms with Crippen LogP contribution in [0.1, 0.15) is 6.85 Å². The fraction of sp³-hybridized carbons (Fsp3) is 0. The molecule has 8 aromatic carbocycles. The molecule has 0 spiro atoms. The van der Waals surface area contributed by atoms with Crippen LogP contribution in [0.25, 0.3) is 98.8 Å². The first-order valence-corrected chi connectivity index (χ1v) is 18.8. The molecule has 0 radical (unpaired) electrons. The van der Waals surface area contributed by atoms with Crippen LogP contribution in [0.5, 0.6) is 0 Å². The van der Waals surface area contributed by atoms with E-state index in [1.165, 1.54) is 11.1 Å². The molecule has 0 bridgehead atoms. The molecule has 2 heterocycles. The van der Waals surface area contributed by atoms with Gasteiger partial charge in [0.25, 0.3) is 0 Å². The summed E-state index contributed by atoms with van der Waals surface area (Å²) in [6.45, 7) is 0. The van der Waals surface area contributed by atoms with E-state index in [1.54, 1.807) is 11.3 Å². The van der Waals surface area contributed by atoms with Crippen molar-refractivity contribution in [1.82, 2.24) is 15.0 Å². The van der Waals surface area contributed by atoms with Crippen LogP contribution in [-0.2, 0) is 0 Å². The topological polar surface area (TPSA) is 38.7 Å². The van der Waals surface area contributed by atoms with Crippen LogP contribution in [0, 0.1) is 0 Å². The molecule has 0 amide bonds. The Balaban J connectivity index is 1.10. The predicted octanol–water partition coefficient (Wildman–Crippen LogP) is 13.9. The van der Waals surface area contributed by atoms with Crippen LogP contribution in [-0.4, -0.2) is 15.0 Å². The quantitative estimate of drug-likeness (QED) is 0.164. The Kier molecular flexibility index (Phi) is 7.06. The Morgan fingerprint density at radius 2 is 0.855 bits per heavy atom. The average molecular weight is 725 g/mol. The number of fused-ring (bicyclic) bond motifs is 3. The molecule has 0 saturated heterocycles. The molecular formula is C51H33N3S. The molecule has 0 atom stereocenters. The van der Waals surface area contributed by atoms with Crippen LogP contribution >= 0.6 is 11.3 Å². The lowest BCUT2D eigenvalue weighted by Crippen LogP contribution is -2.00. The molecule has 4 heteroatoms. The Morgan fingerprint density at radius 3 is 1.53 bits per heavy atom. The molecule has 0 aliphatic carbocycles. The molecule has 0 N–H and O–H groups in total. The summed E-state index contributed by atoms with van der Waals surface area (Å²) < 4.78 is 44.9. The average Bonchev–Trinajstić information content (AvgIpc) is 3.70. The van der Waals surface area contributed by atoms with Crippen molar-refractivity contribution >= 4 is 31.5 Å². The summed E-state index contributed by atoms with van der Waals surface area (Å²) in [6, 6.07) is 55.9. The summed E-state index contributed by atoms with van der Waals surface area (Å²) >= 11 is 1.70. The number of thiophene rings is 1. The lowest BCUT2D eigenvalue weighted by Gasteiger charge is -2.11. The van der Waals surface area contributed by atoms with Crippen molar-refractivity contribution in [3.8, 4) is 78.7 Å². The second-order valence-electron chi connectivity index (χ2n) is 13.2. The van der Waals surface area contributed by atoms with Gasteiger partial charge in [-0.25, -0.2) is 15.0 Å². The van der Waals surface area contributed by atoms with Gasteiger partial charge in [-0.3, -0.25) is 0 Å². The van der Waals surface area contributed by atoms with E-state index in [-0.39, 0.29) is 23.5 Å². The molecular weight excluding hydrogens is 687 g/mol. The van der Waals surface area contributed by atoms with E-state index < -0.39 is 18.1 Å². The minimum Gasteiger partial charge on any atom is -0.208 e. The van der Waals surface area contributed by atoms with Crippen molar-refractivity contribution in [3.05, 3.63) is 200 Å². The first-order chi connectivity index (χ1) is 29.3. The van der Waals surface area contributed by atoms with E-state index in [0.717, 1.165) is 59.1 Å². The number of aromatic nitrogens is 3. The van der Waals surface area contributed by atoms with Gasteiger partial charge in [0.05, 0.1) is 6.85 Å². The number of hydrogen-bond donors (Lipinski definition) is 0. The molecule has 258 valence electrons. The van der Waals surface area contributed by atoms with Crippen LogP contribution in [0.4, 0.5) is 0 Å². The summed E-state index contributed by atoms with van der Waals surface area (Å²) in [5.74, 6) is 0.668. The van der Waals surface area contributed by atoms with Gasteiger partial charge in [0.15, 0.2) is 17.5 Å². The minimum atomic E-state index is -0.476. The van der Waals surface area contributed by atoms with Gasteiger partial charge in [-0.05, 0) is 56.6 Å². The van der Waals surface area contributed by atoms with E-state index in [4.69, 9.17) is 21.8 Å². The highest BCUT2D eigenvalue weighted by molar-refractivity contribution is 7.26. The lowest BCUT2D eigenvalue weighted by atomic mass is 9.97. The Labute approximate surface area is 331 Å². The zero-order valence-electron chi connectivity index (χ0n) is 34.4. The van der Waals surface area contributed by atoms with E-state index in [2.05, 4.69) is 97.1 Å². The molecule has 0 unspecified atom stereocenters. The lowest BCUT2D eigenvalue weighted by molar-refractivity contribution is 1.08. The number of hydrogen-bond acceptors (Lipinski definition) is 4. The first kappa shape index (κ1) is 27.6. The highest BCUT2D eigenvalue weighted by Gasteiger charge is 2.19. The van der Waals surface area contributed by atoms with Crippen LogP contribution in [0.3, 0.4) is 0 Å². The van der Waals surface area contributed by atoms with Crippen molar-refractivity contribution in [2.24, 2.45) is 0 Å². The molecule has 10 aromatic rings. The highest BCUT2D eigenvalue weighted by atomic mass is 32.1. The Bertz CT molecular complexity index is 3210. The van der Waals surface area contributed by atoms with Crippen molar-refractivity contribution in [2.75, 3.05) is 0 Å². The van der Waals surface area contributed by atoms with E-state index in [9.17, 15) is 0 Å². The molecule has 3 nitrogen and oxygen atoms in total. The van der Waals surface area contributed by atoms with E-state index >= 15 is 0 Å². The Hall–Kier alpha value is -7.01. The molecule has 0 aliphatic rings. The maximum absolute atomic E-state index is 8.82. The molecule has 0 saturated carbocycles. The third kappa shape index (κ3) is 6.29. The van der Waals surface area contributed by atoms with E-state index in [1.807, 2.05) is 72.8 Å². The molecule has 0 aliphatic heterocycles. The fourth-order valence-corrected chi connectivity index (χ4v) is 8.42. The Morgan fingerprint density at radius 1 is 0.364 bits per heavy atom. The molecule has 55 heavy (non-hydrogen) atoms.